The molecule has 0 bridgehead atoms. The first kappa shape index (κ1) is 15.2. The minimum absolute atomic E-state index is 0.0588. The molecule has 2 rings (SSSR count). The van der Waals surface area contributed by atoms with Gasteiger partial charge in [0, 0.05) is 25.3 Å². The van der Waals surface area contributed by atoms with Gasteiger partial charge in [0.2, 0.25) is 0 Å². The van der Waals surface area contributed by atoms with E-state index in [1.54, 1.807) is 6.07 Å². The lowest BCUT2D eigenvalue weighted by Crippen LogP contribution is -2.05. The lowest BCUT2D eigenvalue weighted by Gasteiger charge is -2.09. The maximum atomic E-state index is 13.3. The monoisotopic (exact) mass is 297 g/mol. The maximum Gasteiger partial charge on any atom is 0.194 e. The van der Waals surface area contributed by atoms with Gasteiger partial charge in [-0.25, -0.2) is 23.1 Å². The van der Waals surface area contributed by atoms with Crippen LogP contribution in [0.15, 0.2) is 18.2 Å². The molecule has 0 atom stereocenters. The average molecular weight is 297 g/mol. The van der Waals surface area contributed by atoms with Gasteiger partial charge in [-0.3, -0.25) is 0 Å². The van der Waals surface area contributed by atoms with Crippen LogP contribution in [0, 0.1) is 17.5 Å². The third-order valence-corrected chi connectivity index (χ3v) is 2.67. The Hall–Kier alpha value is -2.15. The molecule has 0 aliphatic carbocycles. The number of halogens is 3. The van der Waals surface area contributed by atoms with Gasteiger partial charge in [-0.15, -0.1) is 0 Å². The van der Waals surface area contributed by atoms with E-state index in [1.165, 1.54) is 7.11 Å². The molecule has 0 saturated heterocycles. The van der Waals surface area contributed by atoms with Crippen molar-refractivity contribution in [1.82, 2.24) is 9.97 Å². The van der Waals surface area contributed by atoms with Gasteiger partial charge in [-0.05, 0) is 19.1 Å². The predicted octanol–water partition coefficient (Wildman–Crippen LogP) is 3.14. The molecule has 0 amide bonds. The summed E-state index contributed by atoms with van der Waals surface area (Å²) in [4.78, 5) is 8.31. The van der Waals surface area contributed by atoms with E-state index in [0.717, 1.165) is 12.1 Å². The van der Waals surface area contributed by atoms with Crippen molar-refractivity contribution in [2.24, 2.45) is 0 Å². The number of rotatable bonds is 5. The lowest BCUT2D eigenvalue weighted by atomic mass is 10.2. The second-order valence-electron chi connectivity index (χ2n) is 4.29. The topological polar surface area (TPSA) is 47.0 Å². The Morgan fingerprint density at radius 3 is 2.33 bits per heavy atom. The zero-order valence-corrected chi connectivity index (χ0v) is 11.6. The highest BCUT2D eigenvalue weighted by atomic mass is 19.2. The Balaban J connectivity index is 2.51. The van der Waals surface area contributed by atoms with Crippen molar-refractivity contribution < 1.29 is 17.9 Å². The molecule has 7 heteroatoms. The number of aromatic nitrogens is 2. The van der Waals surface area contributed by atoms with E-state index >= 15 is 0 Å². The van der Waals surface area contributed by atoms with Crippen molar-refractivity contribution in [3.63, 3.8) is 0 Å². The molecule has 1 N–H and O–H groups in total. The molecule has 4 nitrogen and oxygen atoms in total. The highest BCUT2D eigenvalue weighted by Crippen LogP contribution is 2.22. The third-order valence-electron chi connectivity index (χ3n) is 2.67. The molecular formula is C14H14F3N3O. The van der Waals surface area contributed by atoms with Gasteiger partial charge in [0.25, 0.3) is 0 Å². The first-order valence-electron chi connectivity index (χ1n) is 6.30. The molecule has 0 spiro atoms. The summed E-state index contributed by atoms with van der Waals surface area (Å²) in [6.07, 6.45) is 0. The summed E-state index contributed by atoms with van der Waals surface area (Å²) < 4.78 is 44.6. The number of ether oxygens (including phenoxy) is 1. The van der Waals surface area contributed by atoms with Gasteiger partial charge in [0.05, 0.1) is 12.3 Å². The molecule has 1 aromatic heterocycles. The highest BCUT2D eigenvalue weighted by molar-refractivity contribution is 5.58. The van der Waals surface area contributed by atoms with Gasteiger partial charge in [-0.2, -0.15) is 0 Å². The maximum absolute atomic E-state index is 13.3. The summed E-state index contributed by atoms with van der Waals surface area (Å²) in [5.74, 6) is -3.48. The van der Waals surface area contributed by atoms with Crippen molar-refractivity contribution in [2.75, 3.05) is 19.0 Å². The van der Waals surface area contributed by atoms with Crippen LogP contribution >= 0.6 is 0 Å². The zero-order valence-electron chi connectivity index (χ0n) is 11.6. The molecule has 21 heavy (non-hydrogen) atoms. The van der Waals surface area contributed by atoms with Crippen molar-refractivity contribution in [1.29, 1.82) is 0 Å². The molecule has 1 aromatic carbocycles. The van der Waals surface area contributed by atoms with Gasteiger partial charge >= 0.3 is 0 Å². The van der Waals surface area contributed by atoms with E-state index in [1.807, 2.05) is 6.92 Å². The zero-order chi connectivity index (χ0) is 15.4. The molecule has 0 unspecified atom stereocenters. The fourth-order valence-electron chi connectivity index (χ4n) is 1.80. The standard InChI is InChI=1S/C14H14F3N3O/c1-3-18-12-6-9(7-21-2)19-14(20-12)8-4-10(15)13(17)11(16)5-8/h4-6H,3,7H2,1-2H3,(H,18,19,20). The van der Waals surface area contributed by atoms with Crippen LogP contribution in [-0.4, -0.2) is 23.6 Å². The Morgan fingerprint density at radius 2 is 1.76 bits per heavy atom. The number of nitrogens with zero attached hydrogens (tertiary/aromatic N) is 2. The molecule has 0 saturated carbocycles. The second-order valence-corrected chi connectivity index (χ2v) is 4.29. The van der Waals surface area contributed by atoms with Crippen LogP contribution in [0.4, 0.5) is 19.0 Å². The summed E-state index contributed by atoms with van der Waals surface area (Å²) in [7, 11) is 1.51. The van der Waals surface area contributed by atoms with Crippen LogP contribution in [0.5, 0.6) is 0 Å². The first-order valence-corrected chi connectivity index (χ1v) is 6.30. The van der Waals surface area contributed by atoms with Gasteiger partial charge in [-0.1, -0.05) is 0 Å². The van der Waals surface area contributed by atoms with Crippen molar-refractivity contribution in [2.45, 2.75) is 13.5 Å². The minimum Gasteiger partial charge on any atom is -0.378 e. The van der Waals surface area contributed by atoms with Gasteiger partial charge < -0.3 is 10.1 Å². The fraction of sp³-hybridized carbons (Fsp3) is 0.286. The average Bonchev–Trinajstić information content (AvgIpc) is 2.44. The van der Waals surface area contributed by atoms with E-state index in [4.69, 9.17) is 4.74 Å². The summed E-state index contributed by atoms with van der Waals surface area (Å²) >= 11 is 0. The lowest BCUT2D eigenvalue weighted by molar-refractivity contribution is 0.181. The molecule has 0 aliphatic heterocycles. The molecule has 0 radical (unpaired) electrons. The van der Waals surface area contributed by atoms with E-state index in [9.17, 15) is 13.2 Å². The van der Waals surface area contributed by atoms with Crippen molar-refractivity contribution >= 4 is 5.82 Å². The Kier molecular flexibility index (Phi) is 4.74. The van der Waals surface area contributed by atoms with E-state index in [2.05, 4.69) is 15.3 Å². The molecule has 2 aromatic rings. The normalized spacial score (nSPS) is 10.7. The van der Waals surface area contributed by atoms with E-state index in [0.29, 0.717) is 18.1 Å². The summed E-state index contributed by atoms with van der Waals surface area (Å²) in [6.45, 7) is 2.73. The summed E-state index contributed by atoms with van der Waals surface area (Å²) in [6, 6.07) is 3.40. The first-order chi connectivity index (χ1) is 10.0. The van der Waals surface area contributed by atoms with Crippen molar-refractivity contribution in [3.05, 3.63) is 41.3 Å². The van der Waals surface area contributed by atoms with Gasteiger partial charge in [0.1, 0.15) is 5.82 Å². The smallest absolute Gasteiger partial charge is 0.194 e. The highest BCUT2D eigenvalue weighted by Gasteiger charge is 2.14. The largest absolute Gasteiger partial charge is 0.378 e. The molecule has 0 fully saturated rings. The number of hydrogen-bond acceptors (Lipinski definition) is 4. The number of benzene rings is 1. The fourth-order valence-corrected chi connectivity index (χ4v) is 1.80. The molecule has 0 aliphatic rings. The van der Waals surface area contributed by atoms with Crippen LogP contribution in [0.1, 0.15) is 12.6 Å². The number of anilines is 1. The predicted molar refractivity (Wildman–Crippen MR) is 72.2 cm³/mol. The quantitative estimate of drug-likeness (QED) is 0.861. The molecule has 1 heterocycles. The van der Waals surface area contributed by atoms with Crippen LogP contribution in [0.3, 0.4) is 0 Å². The van der Waals surface area contributed by atoms with Crippen LogP contribution < -0.4 is 5.32 Å². The van der Waals surface area contributed by atoms with E-state index in [-0.39, 0.29) is 18.0 Å². The van der Waals surface area contributed by atoms with Crippen LogP contribution in [0.2, 0.25) is 0 Å². The van der Waals surface area contributed by atoms with Crippen molar-refractivity contribution in [3.8, 4) is 11.4 Å². The SMILES string of the molecule is CCNc1cc(COC)nc(-c2cc(F)c(F)c(F)c2)n1. The van der Waals surface area contributed by atoms with Crippen LogP contribution in [0.25, 0.3) is 11.4 Å². The Bertz CT molecular complexity index is 602. The van der Waals surface area contributed by atoms with Crippen LogP contribution in [-0.2, 0) is 11.3 Å². The number of hydrogen-bond donors (Lipinski definition) is 1. The summed E-state index contributed by atoms with van der Waals surface area (Å²) in [5, 5.41) is 2.99. The van der Waals surface area contributed by atoms with Gasteiger partial charge in [0.15, 0.2) is 23.3 Å². The minimum atomic E-state index is -1.52. The summed E-state index contributed by atoms with van der Waals surface area (Å²) in [5.41, 5.74) is 0.604. The number of nitrogens with one attached hydrogen (secondary N) is 1. The number of methoxy groups -OCH3 is 1. The second kappa shape index (κ2) is 6.53. The Labute approximate surface area is 120 Å². The van der Waals surface area contributed by atoms with E-state index < -0.39 is 17.5 Å². The molecular weight excluding hydrogens is 283 g/mol. The Morgan fingerprint density at radius 1 is 1.10 bits per heavy atom. The third kappa shape index (κ3) is 3.49. The molecule has 112 valence electrons.